The summed E-state index contributed by atoms with van der Waals surface area (Å²) in [5.41, 5.74) is 0.316. The van der Waals surface area contributed by atoms with Crippen LogP contribution in [0.4, 0.5) is 0 Å². The molecule has 0 aromatic heterocycles. The van der Waals surface area contributed by atoms with Gasteiger partial charge in [-0.1, -0.05) is 0 Å². The second-order valence-corrected chi connectivity index (χ2v) is 8.52. The average Bonchev–Trinajstić information content (AvgIpc) is 2.38. The zero-order chi connectivity index (χ0) is 16.3. The van der Waals surface area contributed by atoms with Crippen molar-refractivity contribution in [2.45, 2.75) is 18.6 Å². The molecular weight excluding hydrogens is 360 g/mol. The molecule has 0 fully saturated rings. The van der Waals surface area contributed by atoms with E-state index in [0.717, 1.165) is 6.26 Å². The predicted octanol–water partition coefficient (Wildman–Crippen LogP) is 2.48. The molecule has 21 heavy (non-hydrogen) atoms. The maximum absolute atomic E-state index is 12.4. The Morgan fingerprint density at radius 3 is 2.38 bits per heavy atom. The molecule has 0 radical (unpaired) electrons. The maximum atomic E-state index is 12.4. The van der Waals surface area contributed by atoms with Gasteiger partial charge in [0, 0.05) is 18.9 Å². The van der Waals surface area contributed by atoms with E-state index in [9.17, 15) is 13.2 Å². The number of hydrogen-bond acceptors (Lipinski definition) is 5. The fraction of sp³-hybridized carbons (Fsp3) is 0.500. The van der Waals surface area contributed by atoms with Crippen molar-refractivity contribution in [3.63, 3.8) is 0 Å². The summed E-state index contributed by atoms with van der Waals surface area (Å²) in [6.45, 7) is 3.65. The van der Waals surface area contributed by atoms with Gasteiger partial charge in [-0.3, -0.25) is 4.79 Å². The number of Topliss-reactive ketones (excluding diaryl/α,β-unsaturated/α-hetero) is 1. The van der Waals surface area contributed by atoms with E-state index < -0.39 is 20.4 Å². The highest BCUT2D eigenvalue weighted by Gasteiger charge is 2.38. The molecule has 0 spiro atoms. The molecule has 0 unspecified atom stereocenters. The van der Waals surface area contributed by atoms with Crippen molar-refractivity contribution in [3.05, 3.63) is 28.2 Å². The molecule has 1 aromatic rings. The first-order valence-corrected chi connectivity index (χ1v) is 8.95. The lowest BCUT2D eigenvalue weighted by molar-refractivity contribution is 0.0954. The lowest BCUT2D eigenvalue weighted by atomic mass is 10.0. The number of halogens is 1. The second-order valence-electron chi connectivity index (χ2n) is 5.10. The van der Waals surface area contributed by atoms with Gasteiger partial charge in [-0.15, -0.1) is 0 Å². The van der Waals surface area contributed by atoms with Crippen LogP contribution in [0.25, 0.3) is 0 Å². The Kier molecular flexibility index (Phi) is 5.95. The largest absolute Gasteiger partial charge is 0.490 e. The van der Waals surface area contributed by atoms with Gasteiger partial charge in [0.05, 0.1) is 11.1 Å². The van der Waals surface area contributed by atoms with E-state index in [2.05, 4.69) is 15.9 Å². The summed E-state index contributed by atoms with van der Waals surface area (Å²) in [5, 5.41) is 0. The first kappa shape index (κ1) is 18.1. The minimum atomic E-state index is -3.50. The lowest BCUT2D eigenvalue weighted by Crippen LogP contribution is -2.39. The molecule has 7 heteroatoms. The van der Waals surface area contributed by atoms with Crippen molar-refractivity contribution in [1.82, 2.24) is 0 Å². The Morgan fingerprint density at radius 2 is 1.90 bits per heavy atom. The molecule has 0 saturated heterocycles. The zero-order valence-electron chi connectivity index (χ0n) is 12.5. The van der Waals surface area contributed by atoms with Crippen molar-refractivity contribution in [3.8, 4) is 5.75 Å². The van der Waals surface area contributed by atoms with E-state index in [0.29, 0.717) is 29.0 Å². The van der Waals surface area contributed by atoms with Crippen LogP contribution in [0.2, 0.25) is 0 Å². The number of hydrogen-bond donors (Lipinski definition) is 0. The van der Waals surface area contributed by atoms with Crippen LogP contribution in [0.5, 0.6) is 5.75 Å². The first-order chi connectivity index (χ1) is 9.61. The Labute approximate surface area is 133 Å². The first-order valence-electron chi connectivity index (χ1n) is 6.27. The third-order valence-electron chi connectivity index (χ3n) is 3.21. The van der Waals surface area contributed by atoms with Gasteiger partial charge in [-0.05, 0) is 48.0 Å². The fourth-order valence-corrected chi connectivity index (χ4v) is 2.46. The summed E-state index contributed by atoms with van der Waals surface area (Å²) in [6.07, 6.45) is 1.06. The molecule has 118 valence electrons. The maximum Gasteiger partial charge on any atom is 0.183 e. The topological polar surface area (TPSA) is 69.7 Å². The summed E-state index contributed by atoms with van der Waals surface area (Å²) < 4.78 is 32.9. The van der Waals surface area contributed by atoms with E-state index in [4.69, 9.17) is 9.47 Å². The Bertz CT molecular complexity index is 622. The van der Waals surface area contributed by atoms with Gasteiger partial charge in [-0.2, -0.15) is 0 Å². The van der Waals surface area contributed by atoms with Crippen molar-refractivity contribution in [2.24, 2.45) is 0 Å². The van der Waals surface area contributed by atoms with Gasteiger partial charge in [-0.25, -0.2) is 8.42 Å². The third kappa shape index (κ3) is 4.28. The van der Waals surface area contributed by atoms with E-state index in [1.54, 1.807) is 25.3 Å². The van der Waals surface area contributed by atoms with E-state index in [1.165, 1.54) is 13.8 Å². The minimum absolute atomic E-state index is 0.316. The van der Waals surface area contributed by atoms with Crippen molar-refractivity contribution >= 4 is 31.6 Å². The Morgan fingerprint density at radius 1 is 1.29 bits per heavy atom. The van der Waals surface area contributed by atoms with Crippen LogP contribution in [0.15, 0.2) is 22.7 Å². The van der Waals surface area contributed by atoms with Gasteiger partial charge in [0.15, 0.2) is 15.6 Å². The summed E-state index contributed by atoms with van der Waals surface area (Å²) in [5.74, 6) is 0.120. The number of carbonyl (C=O) groups is 1. The van der Waals surface area contributed by atoms with Gasteiger partial charge in [0.25, 0.3) is 0 Å². The van der Waals surface area contributed by atoms with Gasteiger partial charge in [0.1, 0.15) is 17.1 Å². The average molecular weight is 379 g/mol. The quantitative estimate of drug-likeness (QED) is 0.538. The second kappa shape index (κ2) is 6.89. The number of sulfone groups is 1. The highest BCUT2D eigenvalue weighted by atomic mass is 79.9. The van der Waals surface area contributed by atoms with E-state index in [-0.39, 0.29) is 0 Å². The lowest BCUT2D eigenvalue weighted by Gasteiger charge is -2.21. The molecule has 0 heterocycles. The summed E-state index contributed by atoms with van der Waals surface area (Å²) in [7, 11) is -1.93. The molecule has 0 aliphatic carbocycles. The number of rotatable bonds is 7. The SMILES string of the molecule is COCCOc1ccc(C(=O)C(C)(C)S(C)(=O)=O)cc1Br. The molecular formula is C14H19BrO5S. The molecule has 0 N–H and O–H groups in total. The Hall–Kier alpha value is -0.920. The monoisotopic (exact) mass is 378 g/mol. The summed E-state index contributed by atoms with van der Waals surface area (Å²) in [4.78, 5) is 12.4. The molecule has 1 rings (SSSR count). The highest BCUT2D eigenvalue weighted by molar-refractivity contribution is 9.10. The number of ether oxygens (including phenoxy) is 2. The zero-order valence-corrected chi connectivity index (χ0v) is 14.9. The third-order valence-corrected chi connectivity index (χ3v) is 5.87. The molecule has 0 bridgehead atoms. The van der Waals surface area contributed by atoms with Gasteiger partial charge >= 0.3 is 0 Å². The van der Waals surface area contributed by atoms with Crippen molar-refractivity contribution in [2.75, 3.05) is 26.6 Å². The fourth-order valence-electron chi connectivity index (χ4n) is 1.51. The molecule has 0 atom stereocenters. The minimum Gasteiger partial charge on any atom is -0.490 e. The van der Waals surface area contributed by atoms with Crippen LogP contribution >= 0.6 is 15.9 Å². The molecule has 0 aliphatic rings. The van der Waals surface area contributed by atoms with Gasteiger partial charge in [0.2, 0.25) is 0 Å². The normalized spacial score (nSPS) is 12.2. The number of ketones is 1. The molecule has 5 nitrogen and oxygen atoms in total. The smallest absolute Gasteiger partial charge is 0.183 e. The standard InChI is InChI=1S/C14H19BrO5S/c1-14(2,21(4,17)18)13(16)10-5-6-12(11(15)9-10)20-8-7-19-3/h5-6,9H,7-8H2,1-4H3. The Balaban J connectivity index is 3.01. The molecule has 1 aromatic carbocycles. The number of benzene rings is 1. The van der Waals surface area contributed by atoms with Crippen LogP contribution < -0.4 is 4.74 Å². The summed E-state index contributed by atoms with van der Waals surface area (Å²) in [6, 6.07) is 4.75. The van der Waals surface area contributed by atoms with Crippen LogP contribution in [-0.2, 0) is 14.6 Å². The highest BCUT2D eigenvalue weighted by Crippen LogP contribution is 2.29. The van der Waals surface area contributed by atoms with Crippen LogP contribution in [0, 0.1) is 0 Å². The number of methoxy groups -OCH3 is 1. The van der Waals surface area contributed by atoms with E-state index in [1.807, 2.05) is 0 Å². The van der Waals surface area contributed by atoms with Gasteiger partial charge < -0.3 is 9.47 Å². The van der Waals surface area contributed by atoms with E-state index >= 15 is 0 Å². The van der Waals surface area contributed by atoms with Crippen molar-refractivity contribution in [1.29, 1.82) is 0 Å². The van der Waals surface area contributed by atoms with Crippen LogP contribution in [-0.4, -0.2) is 45.5 Å². The number of carbonyl (C=O) groups excluding carboxylic acids is 1. The molecule has 0 saturated carbocycles. The molecule has 0 aliphatic heterocycles. The van der Waals surface area contributed by atoms with Crippen LogP contribution in [0.1, 0.15) is 24.2 Å². The van der Waals surface area contributed by atoms with Crippen molar-refractivity contribution < 1.29 is 22.7 Å². The molecule has 0 amide bonds. The predicted molar refractivity (Wildman–Crippen MR) is 84.8 cm³/mol. The van der Waals surface area contributed by atoms with Crippen LogP contribution in [0.3, 0.4) is 0 Å². The summed E-state index contributed by atoms with van der Waals surface area (Å²) >= 11 is 3.32.